The van der Waals surface area contributed by atoms with Crippen LogP contribution in [0.4, 0.5) is 4.79 Å². The standard InChI is InChI=1S/C20H27N3O3/c1-15(9-11-21)10-12-22-19(24)18(17-7-8-17)14-26-20(25)23-13-16-5-3-2-4-6-16/h2-6,15,17-18H,7-10,12-14H2,1H3,(H,22,24)(H,23,25). The minimum absolute atomic E-state index is 0.0625. The second-order valence-corrected chi connectivity index (χ2v) is 6.93. The van der Waals surface area contributed by atoms with Gasteiger partial charge >= 0.3 is 6.09 Å². The lowest BCUT2D eigenvalue weighted by Gasteiger charge is -2.17. The fourth-order valence-corrected chi connectivity index (χ4v) is 2.74. The molecule has 2 unspecified atom stereocenters. The number of hydrogen-bond donors (Lipinski definition) is 2. The molecule has 0 radical (unpaired) electrons. The van der Waals surface area contributed by atoms with E-state index in [1.165, 1.54) is 0 Å². The molecule has 0 saturated heterocycles. The molecule has 6 nitrogen and oxygen atoms in total. The normalized spacial score (nSPS) is 15.4. The van der Waals surface area contributed by atoms with Crippen LogP contribution in [-0.2, 0) is 16.1 Å². The molecule has 0 spiro atoms. The van der Waals surface area contributed by atoms with Crippen LogP contribution in [0.25, 0.3) is 0 Å². The Morgan fingerprint density at radius 2 is 2.00 bits per heavy atom. The van der Waals surface area contributed by atoms with E-state index in [9.17, 15) is 9.59 Å². The molecule has 0 heterocycles. The lowest BCUT2D eigenvalue weighted by Crippen LogP contribution is -2.37. The summed E-state index contributed by atoms with van der Waals surface area (Å²) in [6.45, 7) is 3.04. The van der Waals surface area contributed by atoms with Gasteiger partial charge in [0.05, 0.1) is 12.0 Å². The number of nitrogens with one attached hydrogen (secondary N) is 2. The molecule has 26 heavy (non-hydrogen) atoms. The molecular weight excluding hydrogens is 330 g/mol. The van der Waals surface area contributed by atoms with Gasteiger partial charge in [-0.3, -0.25) is 4.79 Å². The molecule has 1 aliphatic carbocycles. The third-order valence-electron chi connectivity index (χ3n) is 4.58. The Kier molecular flexibility index (Phi) is 7.94. The molecule has 1 aromatic rings. The van der Waals surface area contributed by atoms with E-state index in [0.717, 1.165) is 24.8 Å². The lowest BCUT2D eigenvalue weighted by atomic mass is 10.0. The molecule has 1 fully saturated rings. The third kappa shape index (κ3) is 7.14. The first-order valence-corrected chi connectivity index (χ1v) is 9.19. The topological polar surface area (TPSA) is 91.2 Å². The maximum atomic E-state index is 12.4. The molecule has 6 heteroatoms. The Balaban J connectivity index is 1.69. The molecule has 0 aromatic heterocycles. The Morgan fingerprint density at radius 1 is 1.27 bits per heavy atom. The summed E-state index contributed by atoms with van der Waals surface area (Å²) in [6.07, 6.45) is 2.76. The summed E-state index contributed by atoms with van der Waals surface area (Å²) in [5, 5.41) is 14.3. The van der Waals surface area contributed by atoms with E-state index >= 15 is 0 Å². The molecule has 1 saturated carbocycles. The number of carbonyl (C=O) groups excluding carboxylic acids is 2. The highest BCUT2D eigenvalue weighted by molar-refractivity contribution is 5.79. The number of nitrogens with zero attached hydrogens (tertiary/aromatic N) is 1. The average Bonchev–Trinajstić information content (AvgIpc) is 3.46. The van der Waals surface area contributed by atoms with Crippen molar-refractivity contribution in [3.63, 3.8) is 0 Å². The molecule has 0 aliphatic heterocycles. The predicted molar refractivity (Wildman–Crippen MR) is 97.9 cm³/mol. The summed E-state index contributed by atoms with van der Waals surface area (Å²) < 4.78 is 5.26. The Labute approximate surface area is 154 Å². The smallest absolute Gasteiger partial charge is 0.407 e. The second kappa shape index (κ2) is 10.4. The van der Waals surface area contributed by atoms with Gasteiger partial charge in [-0.15, -0.1) is 0 Å². The number of nitriles is 1. The first-order chi connectivity index (χ1) is 12.6. The molecule has 2 atom stereocenters. The minimum Gasteiger partial charge on any atom is -0.449 e. The minimum atomic E-state index is -0.505. The Bertz CT molecular complexity index is 623. The van der Waals surface area contributed by atoms with Crippen molar-refractivity contribution in [3.8, 4) is 6.07 Å². The summed E-state index contributed by atoms with van der Waals surface area (Å²) >= 11 is 0. The third-order valence-corrected chi connectivity index (χ3v) is 4.58. The van der Waals surface area contributed by atoms with Crippen LogP contribution in [0.5, 0.6) is 0 Å². The van der Waals surface area contributed by atoms with Gasteiger partial charge in [0.2, 0.25) is 5.91 Å². The van der Waals surface area contributed by atoms with Crippen molar-refractivity contribution in [1.29, 1.82) is 5.26 Å². The van der Waals surface area contributed by atoms with Crippen molar-refractivity contribution in [2.24, 2.45) is 17.8 Å². The van der Waals surface area contributed by atoms with Crippen LogP contribution >= 0.6 is 0 Å². The fourth-order valence-electron chi connectivity index (χ4n) is 2.74. The highest BCUT2D eigenvalue weighted by Gasteiger charge is 2.37. The molecule has 2 amide bonds. The summed E-state index contributed by atoms with van der Waals surface area (Å²) in [4.78, 5) is 24.2. The van der Waals surface area contributed by atoms with Crippen molar-refractivity contribution in [3.05, 3.63) is 35.9 Å². The van der Waals surface area contributed by atoms with Crippen LogP contribution < -0.4 is 10.6 Å². The van der Waals surface area contributed by atoms with Crippen molar-refractivity contribution >= 4 is 12.0 Å². The number of benzene rings is 1. The highest BCUT2D eigenvalue weighted by atomic mass is 16.5. The molecular formula is C20H27N3O3. The van der Waals surface area contributed by atoms with E-state index in [1.807, 2.05) is 37.3 Å². The van der Waals surface area contributed by atoms with Crippen LogP contribution in [0.1, 0.15) is 38.2 Å². The number of amides is 2. The average molecular weight is 357 g/mol. The first-order valence-electron chi connectivity index (χ1n) is 9.19. The van der Waals surface area contributed by atoms with Gasteiger partial charge in [0.25, 0.3) is 0 Å². The summed E-state index contributed by atoms with van der Waals surface area (Å²) in [7, 11) is 0. The van der Waals surface area contributed by atoms with Crippen molar-refractivity contribution in [2.45, 2.75) is 39.2 Å². The Hall–Kier alpha value is -2.55. The van der Waals surface area contributed by atoms with Crippen LogP contribution in [0.2, 0.25) is 0 Å². The second-order valence-electron chi connectivity index (χ2n) is 6.93. The van der Waals surface area contributed by atoms with E-state index in [4.69, 9.17) is 10.00 Å². The molecule has 1 aliphatic rings. The van der Waals surface area contributed by atoms with Gasteiger partial charge in [-0.25, -0.2) is 4.79 Å². The van der Waals surface area contributed by atoms with Crippen molar-refractivity contribution < 1.29 is 14.3 Å². The van der Waals surface area contributed by atoms with Crippen LogP contribution in [0.3, 0.4) is 0 Å². The zero-order valence-electron chi connectivity index (χ0n) is 15.2. The molecule has 2 N–H and O–H groups in total. The lowest BCUT2D eigenvalue weighted by molar-refractivity contribution is -0.127. The van der Waals surface area contributed by atoms with Crippen molar-refractivity contribution in [2.75, 3.05) is 13.2 Å². The van der Waals surface area contributed by atoms with Gasteiger partial charge < -0.3 is 15.4 Å². The number of ether oxygens (including phenoxy) is 1. The van der Waals surface area contributed by atoms with Crippen LogP contribution in [-0.4, -0.2) is 25.2 Å². The van der Waals surface area contributed by atoms with Crippen LogP contribution in [0.15, 0.2) is 30.3 Å². The summed E-state index contributed by atoms with van der Waals surface area (Å²) in [6, 6.07) is 11.7. The summed E-state index contributed by atoms with van der Waals surface area (Å²) in [5.74, 6) is 0.212. The van der Waals surface area contributed by atoms with Gasteiger partial charge in [-0.2, -0.15) is 5.26 Å². The fraction of sp³-hybridized carbons (Fsp3) is 0.550. The van der Waals surface area contributed by atoms with E-state index in [1.54, 1.807) is 0 Å². The van der Waals surface area contributed by atoms with Crippen molar-refractivity contribution in [1.82, 2.24) is 10.6 Å². The molecule has 2 rings (SSSR count). The van der Waals surface area contributed by atoms with E-state index in [-0.39, 0.29) is 24.3 Å². The number of rotatable bonds is 10. The maximum absolute atomic E-state index is 12.4. The zero-order valence-corrected chi connectivity index (χ0v) is 15.2. The van der Waals surface area contributed by atoms with Gasteiger partial charge in [0.15, 0.2) is 0 Å². The maximum Gasteiger partial charge on any atom is 0.407 e. The largest absolute Gasteiger partial charge is 0.449 e. The monoisotopic (exact) mass is 357 g/mol. The molecule has 140 valence electrons. The van der Waals surface area contributed by atoms with E-state index < -0.39 is 6.09 Å². The van der Waals surface area contributed by atoms with Gasteiger partial charge in [-0.05, 0) is 36.7 Å². The van der Waals surface area contributed by atoms with Gasteiger partial charge in [0.1, 0.15) is 6.61 Å². The predicted octanol–water partition coefficient (Wildman–Crippen LogP) is 3.00. The quantitative estimate of drug-likeness (QED) is 0.673. The first kappa shape index (κ1) is 19.8. The number of alkyl carbamates (subject to hydrolysis) is 1. The van der Waals surface area contributed by atoms with Gasteiger partial charge in [0, 0.05) is 19.5 Å². The van der Waals surface area contributed by atoms with Gasteiger partial charge in [-0.1, -0.05) is 37.3 Å². The molecule has 0 bridgehead atoms. The van der Waals surface area contributed by atoms with Crippen LogP contribution in [0, 0.1) is 29.1 Å². The zero-order chi connectivity index (χ0) is 18.8. The van der Waals surface area contributed by atoms with E-state index in [2.05, 4.69) is 16.7 Å². The highest BCUT2D eigenvalue weighted by Crippen LogP contribution is 2.37. The molecule has 1 aromatic carbocycles. The number of carbonyl (C=O) groups is 2. The SMILES string of the molecule is CC(CC#N)CCNC(=O)C(COC(=O)NCc1ccccc1)C1CC1. The number of hydrogen-bond acceptors (Lipinski definition) is 4. The summed E-state index contributed by atoms with van der Waals surface area (Å²) in [5.41, 5.74) is 0.993. The Morgan fingerprint density at radius 3 is 2.65 bits per heavy atom. The van der Waals surface area contributed by atoms with E-state index in [0.29, 0.717) is 25.4 Å².